The Labute approximate surface area is 246 Å². The van der Waals surface area contributed by atoms with Crippen molar-refractivity contribution in [2.75, 3.05) is 11.6 Å². The quantitative estimate of drug-likeness (QED) is 0.272. The van der Waals surface area contributed by atoms with Gasteiger partial charge in [0.15, 0.2) is 11.5 Å². The summed E-state index contributed by atoms with van der Waals surface area (Å²) in [6.45, 7) is 3.63. The molecular formula is C27H34F3N5O7S. The molecule has 2 fully saturated rings. The molecule has 1 heterocycles. The molecule has 12 nitrogen and oxygen atoms in total. The van der Waals surface area contributed by atoms with E-state index in [2.05, 4.69) is 10.4 Å². The topological polar surface area (TPSA) is 197 Å². The first-order chi connectivity index (χ1) is 19.7. The smallest absolute Gasteiger partial charge is 0.435 e. The van der Waals surface area contributed by atoms with Crippen LogP contribution >= 0.6 is 0 Å². The van der Waals surface area contributed by atoms with Crippen LogP contribution in [0.4, 0.5) is 18.9 Å². The summed E-state index contributed by atoms with van der Waals surface area (Å²) in [5.74, 6) is -1.81. The zero-order valence-electron chi connectivity index (χ0n) is 23.8. The Hall–Kier alpha value is -3.50. The van der Waals surface area contributed by atoms with Crippen LogP contribution in [0.3, 0.4) is 0 Å². The summed E-state index contributed by atoms with van der Waals surface area (Å²) >= 11 is 0. The lowest BCUT2D eigenvalue weighted by Crippen LogP contribution is -2.41. The lowest BCUT2D eigenvalue weighted by Gasteiger charge is -2.29. The van der Waals surface area contributed by atoms with Gasteiger partial charge in [-0.3, -0.25) is 18.9 Å². The van der Waals surface area contributed by atoms with Gasteiger partial charge < -0.3 is 21.5 Å². The van der Waals surface area contributed by atoms with Crippen LogP contribution < -0.4 is 16.8 Å². The summed E-state index contributed by atoms with van der Waals surface area (Å²) in [6.07, 6.45) is -1.27. The van der Waals surface area contributed by atoms with Gasteiger partial charge in [0, 0.05) is 12.1 Å². The average Bonchev–Trinajstić information content (AvgIpc) is 3.26. The molecule has 1 amide bonds. The van der Waals surface area contributed by atoms with Crippen LogP contribution in [0.15, 0.2) is 18.2 Å². The fraction of sp³-hybridized carbons (Fsp3) is 0.556. The molecule has 0 saturated heterocycles. The van der Waals surface area contributed by atoms with Crippen LogP contribution in [0.1, 0.15) is 84.5 Å². The van der Waals surface area contributed by atoms with Crippen LogP contribution in [0.2, 0.25) is 0 Å². The van der Waals surface area contributed by atoms with Crippen molar-refractivity contribution in [2.45, 2.75) is 82.7 Å². The number of rotatable bonds is 6. The van der Waals surface area contributed by atoms with E-state index in [0.717, 1.165) is 11.1 Å². The number of aromatic nitrogens is 2. The van der Waals surface area contributed by atoms with Gasteiger partial charge in [-0.1, -0.05) is 13.8 Å². The van der Waals surface area contributed by atoms with Gasteiger partial charge in [0.1, 0.15) is 11.6 Å². The number of halogens is 3. The Bertz CT molecular complexity index is 1560. The molecule has 236 valence electrons. The normalized spacial score (nSPS) is 22.2. The first-order valence-corrected chi connectivity index (χ1v) is 15.4. The summed E-state index contributed by atoms with van der Waals surface area (Å²) < 4.78 is 74.3. The Kier molecular flexibility index (Phi) is 8.45. The highest BCUT2D eigenvalue weighted by Crippen LogP contribution is 2.42. The van der Waals surface area contributed by atoms with Gasteiger partial charge in [0.25, 0.3) is 16.0 Å². The Morgan fingerprint density at radius 2 is 1.81 bits per heavy atom. The van der Waals surface area contributed by atoms with Gasteiger partial charge in [0.05, 0.1) is 34.8 Å². The number of amides is 1. The molecule has 0 spiro atoms. The molecule has 5 rings (SSSR count). The SMILES string of the molecule is CC1(C)CC(=O)c2c(C(F)(F)F)nn(-c3ccc(C(N)=O)c(NC4CCCC4OC(=O)C4(N)CC4)c3)c2C1.CS(=O)(=O)O. The van der Waals surface area contributed by atoms with Crippen molar-refractivity contribution in [1.29, 1.82) is 0 Å². The number of nitrogens with zero attached hydrogens (tertiary/aromatic N) is 2. The number of carbonyl (C=O) groups is 3. The zero-order chi connectivity index (χ0) is 32.1. The number of hydrogen-bond donors (Lipinski definition) is 4. The maximum atomic E-state index is 13.9. The number of fused-ring (bicyclic) bond motifs is 1. The third-order valence-corrected chi connectivity index (χ3v) is 7.57. The van der Waals surface area contributed by atoms with Crippen LogP contribution in [0, 0.1) is 5.41 Å². The number of Topliss-reactive ketones (excluding diaryl/α,β-unsaturated/α-hetero) is 1. The number of nitrogens with two attached hydrogens (primary N) is 2. The van der Waals surface area contributed by atoms with Crippen LogP contribution in [-0.4, -0.2) is 64.4 Å². The second kappa shape index (κ2) is 11.2. The highest BCUT2D eigenvalue weighted by Gasteiger charge is 2.49. The van der Waals surface area contributed by atoms with Crippen LogP contribution in [-0.2, 0) is 32.2 Å². The molecule has 2 atom stereocenters. The second-order valence-corrected chi connectivity index (χ2v) is 13.6. The molecular weight excluding hydrogens is 595 g/mol. The number of benzene rings is 1. The van der Waals surface area contributed by atoms with E-state index in [-0.39, 0.29) is 41.5 Å². The van der Waals surface area contributed by atoms with E-state index in [1.807, 2.05) is 13.8 Å². The van der Waals surface area contributed by atoms with E-state index in [4.69, 9.17) is 20.8 Å². The maximum Gasteiger partial charge on any atom is 0.435 e. The summed E-state index contributed by atoms with van der Waals surface area (Å²) in [5.41, 5.74) is 9.22. The molecule has 3 aliphatic carbocycles. The molecule has 43 heavy (non-hydrogen) atoms. The third-order valence-electron chi connectivity index (χ3n) is 7.57. The van der Waals surface area contributed by atoms with E-state index in [0.29, 0.717) is 31.9 Å². The van der Waals surface area contributed by atoms with Crippen molar-refractivity contribution < 1.29 is 45.3 Å². The minimum absolute atomic E-state index is 0.0198. The predicted octanol–water partition coefficient (Wildman–Crippen LogP) is 3.02. The summed E-state index contributed by atoms with van der Waals surface area (Å²) in [5, 5.41) is 7.05. The molecule has 2 unspecified atom stereocenters. The highest BCUT2D eigenvalue weighted by atomic mass is 32.2. The Morgan fingerprint density at radius 3 is 2.37 bits per heavy atom. The molecule has 16 heteroatoms. The van der Waals surface area contributed by atoms with E-state index < -0.39 is 62.3 Å². The third kappa shape index (κ3) is 7.54. The summed E-state index contributed by atoms with van der Waals surface area (Å²) in [6, 6.07) is 3.99. The predicted molar refractivity (Wildman–Crippen MR) is 148 cm³/mol. The second-order valence-electron chi connectivity index (χ2n) is 12.1. The number of anilines is 1. The standard InChI is InChI=1S/C26H30F3N5O4.CH4O3S/c1-24(2)11-17-20(18(35)12-24)21(26(27,28)29)33-34(17)13-6-7-14(22(30)36)16(10-13)32-15-4-3-5-19(15)38-23(37)25(31)8-9-25;1-5(2,3)4/h6-7,10,15,19,32H,3-5,8-9,11-12,31H2,1-2H3,(H2,30,36);1H3,(H,2,3,4). The van der Waals surface area contributed by atoms with Gasteiger partial charge in [0.2, 0.25) is 0 Å². The van der Waals surface area contributed by atoms with Crippen LogP contribution in [0.25, 0.3) is 5.69 Å². The van der Waals surface area contributed by atoms with E-state index >= 15 is 0 Å². The van der Waals surface area contributed by atoms with Gasteiger partial charge in [-0.25, -0.2) is 4.68 Å². The number of esters is 1. The van der Waals surface area contributed by atoms with Crippen molar-refractivity contribution in [3.8, 4) is 5.69 Å². The molecule has 0 aliphatic heterocycles. The number of alkyl halides is 3. The zero-order valence-corrected chi connectivity index (χ0v) is 24.6. The fourth-order valence-electron chi connectivity index (χ4n) is 5.38. The number of carbonyl (C=O) groups excluding carboxylic acids is 3. The van der Waals surface area contributed by atoms with Crippen molar-refractivity contribution in [2.24, 2.45) is 16.9 Å². The maximum absolute atomic E-state index is 13.9. The highest BCUT2D eigenvalue weighted by molar-refractivity contribution is 7.85. The van der Waals surface area contributed by atoms with Gasteiger partial charge in [-0.2, -0.15) is 26.7 Å². The first kappa shape index (κ1) is 32.4. The minimum atomic E-state index is -4.82. The van der Waals surface area contributed by atoms with E-state index in [9.17, 15) is 36.0 Å². The number of ketones is 1. The lowest BCUT2D eigenvalue weighted by molar-refractivity contribution is -0.152. The number of ether oxygens (including phenoxy) is 1. The lowest BCUT2D eigenvalue weighted by atomic mass is 9.75. The van der Waals surface area contributed by atoms with Crippen molar-refractivity contribution in [1.82, 2.24) is 9.78 Å². The monoisotopic (exact) mass is 629 g/mol. The Balaban J connectivity index is 0.000000782. The van der Waals surface area contributed by atoms with E-state index in [1.54, 1.807) is 0 Å². The molecule has 3 aliphatic rings. The van der Waals surface area contributed by atoms with E-state index in [1.165, 1.54) is 18.2 Å². The molecule has 1 aromatic heterocycles. The van der Waals surface area contributed by atoms with Gasteiger partial charge >= 0.3 is 12.1 Å². The summed E-state index contributed by atoms with van der Waals surface area (Å²) in [7, 11) is -3.67. The molecule has 2 aromatic rings. The van der Waals surface area contributed by atoms with Crippen molar-refractivity contribution in [3.63, 3.8) is 0 Å². The van der Waals surface area contributed by atoms with Crippen molar-refractivity contribution >= 4 is 33.5 Å². The number of nitrogens with one attached hydrogen (secondary N) is 1. The fourth-order valence-corrected chi connectivity index (χ4v) is 5.38. The molecule has 0 bridgehead atoms. The molecule has 0 radical (unpaired) electrons. The molecule has 6 N–H and O–H groups in total. The average molecular weight is 630 g/mol. The Morgan fingerprint density at radius 1 is 1.19 bits per heavy atom. The first-order valence-electron chi connectivity index (χ1n) is 13.5. The number of hydrogen-bond acceptors (Lipinski definition) is 9. The van der Waals surface area contributed by atoms with Crippen LogP contribution in [0.5, 0.6) is 0 Å². The molecule has 1 aromatic carbocycles. The van der Waals surface area contributed by atoms with Crippen molar-refractivity contribution in [3.05, 3.63) is 40.7 Å². The summed E-state index contributed by atoms with van der Waals surface area (Å²) in [4.78, 5) is 37.4. The molecule has 2 saturated carbocycles. The minimum Gasteiger partial charge on any atom is -0.459 e. The largest absolute Gasteiger partial charge is 0.459 e. The number of primary amides is 1. The van der Waals surface area contributed by atoms with Gasteiger partial charge in [-0.15, -0.1) is 0 Å². The van der Waals surface area contributed by atoms with Gasteiger partial charge in [-0.05, 0) is 62.1 Å².